The third kappa shape index (κ3) is 2.21. The summed E-state index contributed by atoms with van der Waals surface area (Å²) in [6.45, 7) is 4.34. The molecule has 4 rings (SSSR count). The van der Waals surface area contributed by atoms with Crippen LogP contribution in [0.2, 0.25) is 0 Å². The smallest absolute Gasteiger partial charge is 0.222 e. The first kappa shape index (κ1) is 14.6. The Hall–Kier alpha value is -2.94. The van der Waals surface area contributed by atoms with Crippen LogP contribution in [0.3, 0.4) is 0 Å². The molecule has 3 nitrogen and oxygen atoms in total. The maximum Gasteiger partial charge on any atom is 0.222 e. The largest absolute Gasteiger partial charge is 0.268 e. The summed E-state index contributed by atoms with van der Waals surface area (Å²) in [6.07, 6.45) is 3.99. The highest BCUT2D eigenvalue weighted by Gasteiger charge is 2.21. The molecule has 2 heterocycles. The predicted octanol–water partition coefficient (Wildman–Crippen LogP) is 4.13. The lowest BCUT2D eigenvalue weighted by Gasteiger charge is -2.12. The Kier molecular flexibility index (Phi) is 3.42. The van der Waals surface area contributed by atoms with E-state index in [-0.39, 0.29) is 0 Å². The Morgan fingerprint density at radius 3 is 2.50 bits per heavy atom. The maximum absolute atomic E-state index is 4.34. The molecule has 0 aliphatic rings. The highest BCUT2D eigenvalue weighted by atomic mass is 15.3. The third-order valence-electron chi connectivity index (χ3n) is 4.68. The number of hydrogen-bond donors (Lipinski definition) is 0. The Morgan fingerprint density at radius 1 is 0.958 bits per heavy atom. The summed E-state index contributed by atoms with van der Waals surface area (Å²) in [6, 6.07) is 19.2. The van der Waals surface area contributed by atoms with Crippen molar-refractivity contribution in [3.63, 3.8) is 0 Å². The van der Waals surface area contributed by atoms with Crippen LogP contribution in [-0.4, -0.2) is 9.78 Å². The molecule has 0 amide bonds. The van der Waals surface area contributed by atoms with Crippen LogP contribution in [0.5, 0.6) is 0 Å². The van der Waals surface area contributed by atoms with E-state index in [1.54, 1.807) is 0 Å². The molecule has 0 atom stereocenters. The van der Waals surface area contributed by atoms with E-state index in [9.17, 15) is 0 Å². The zero-order valence-corrected chi connectivity index (χ0v) is 14.2. The summed E-state index contributed by atoms with van der Waals surface area (Å²) in [5.74, 6) is 0. The molecule has 0 unspecified atom stereocenters. The number of pyridine rings is 1. The van der Waals surface area contributed by atoms with Crippen LogP contribution in [0, 0.1) is 13.8 Å². The minimum atomic E-state index is 1.13. The number of rotatable bonds is 2. The van der Waals surface area contributed by atoms with E-state index >= 15 is 0 Å². The van der Waals surface area contributed by atoms with Gasteiger partial charge in [0.05, 0.1) is 11.1 Å². The number of nitrogens with zero attached hydrogens (tertiary/aromatic N) is 3. The molecule has 0 bridgehead atoms. The van der Waals surface area contributed by atoms with Crippen molar-refractivity contribution in [1.29, 1.82) is 0 Å². The highest BCUT2D eigenvalue weighted by molar-refractivity contribution is 5.94. The quantitative estimate of drug-likeness (QED) is 0.510. The van der Waals surface area contributed by atoms with E-state index in [1.807, 2.05) is 17.9 Å². The molecule has 24 heavy (non-hydrogen) atoms. The van der Waals surface area contributed by atoms with Crippen LogP contribution in [0.25, 0.3) is 27.7 Å². The molecule has 3 heteroatoms. The normalized spacial score (nSPS) is 11.1. The summed E-state index contributed by atoms with van der Waals surface area (Å²) < 4.78 is 4.21. The molecule has 0 saturated heterocycles. The van der Waals surface area contributed by atoms with Crippen LogP contribution in [-0.2, 0) is 7.05 Å². The number of fused-ring (bicyclic) bond motifs is 1. The average Bonchev–Trinajstić information content (AvgIpc) is 3.01. The highest BCUT2D eigenvalue weighted by Crippen LogP contribution is 2.32. The van der Waals surface area contributed by atoms with Gasteiger partial charge in [0, 0.05) is 43.4 Å². The van der Waals surface area contributed by atoms with Crippen LogP contribution < -0.4 is 4.57 Å². The van der Waals surface area contributed by atoms with Gasteiger partial charge in [-0.15, -0.1) is 0 Å². The molecule has 2 aromatic heterocycles. The van der Waals surface area contributed by atoms with Gasteiger partial charge in [-0.1, -0.05) is 24.3 Å². The van der Waals surface area contributed by atoms with Gasteiger partial charge < -0.3 is 0 Å². The molecule has 0 saturated carbocycles. The second-order valence-corrected chi connectivity index (χ2v) is 6.17. The van der Waals surface area contributed by atoms with Crippen molar-refractivity contribution in [2.45, 2.75) is 13.8 Å². The van der Waals surface area contributed by atoms with Gasteiger partial charge in [-0.25, -0.2) is 0 Å². The van der Waals surface area contributed by atoms with Crippen molar-refractivity contribution < 1.29 is 4.57 Å². The first-order chi connectivity index (χ1) is 11.7. The molecule has 0 aliphatic carbocycles. The van der Waals surface area contributed by atoms with E-state index in [0.717, 1.165) is 5.69 Å². The predicted molar refractivity (Wildman–Crippen MR) is 97.2 cm³/mol. The van der Waals surface area contributed by atoms with Crippen molar-refractivity contribution in [3.05, 3.63) is 78.2 Å². The molecule has 118 valence electrons. The summed E-state index contributed by atoms with van der Waals surface area (Å²) in [7, 11) is 1.99. The lowest BCUT2D eigenvalue weighted by Crippen LogP contribution is -2.34. The lowest BCUT2D eigenvalue weighted by atomic mass is 9.96. The number of aryl methyl sites for hydroxylation is 2. The van der Waals surface area contributed by atoms with E-state index in [2.05, 4.69) is 84.3 Å². The third-order valence-corrected chi connectivity index (χ3v) is 4.68. The second kappa shape index (κ2) is 5.60. The molecular weight excluding hydrogens is 294 g/mol. The van der Waals surface area contributed by atoms with Gasteiger partial charge in [-0.05, 0) is 30.5 Å². The van der Waals surface area contributed by atoms with Gasteiger partial charge in [0.2, 0.25) is 5.69 Å². The van der Waals surface area contributed by atoms with E-state index in [1.165, 1.54) is 33.3 Å². The summed E-state index contributed by atoms with van der Waals surface area (Å²) in [5.41, 5.74) is 6.07. The lowest BCUT2D eigenvalue weighted by molar-refractivity contribution is -0.601. The van der Waals surface area contributed by atoms with E-state index in [0.29, 0.717) is 0 Å². The van der Waals surface area contributed by atoms with Gasteiger partial charge in [0.15, 0.2) is 11.9 Å². The van der Waals surface area contributed by atoms with E-state index < -0.39 is 0 Å². The van der Waals surface area contributed by atoms with Crippen molar-refractivity contribution in [2.75, 3.05) is 0 Å². The van der Waals surface area contributed by atoms with Crippen molar-refractivity contribution in [3.8, 4) is 16.9 Å². The van der Waals surface area contributed by atoms with Gasteiger partial charge >= 0.3 is 0 Å². The fourth-order valence-corrected chi connectivity index (χ4v) is 3.43. The summed E-state index contributed by atoms with van der Waals surface area (Å²) >= 11 is 0. The monoisotopic (exact) mass is 314 g/mol. The Balaban J connectivity index is 2.14. The first-order valence-corrected chi connectivity index (χ1v) is 8.15. The molecule has 0 aliphatic heterocycles. The molecule has 0 N–H and O–H groups in total. The van der Waals surface area contributed by atoms with Crippen molar-refractivity contribution in [2.24, 2.45) is 7.05 Å². The van der Waals surface area contributed by atoms with Gasteiger partial charge in [0.25, 0.3) is 0 Å². The molecule has 0 spiro atoms. The summed E-state index contributed by atoms with van der Waals surface area (Å²) in [4.78, 5) is 0. The number of hydrogen-bond acceptors (Lipinski definition) is 1. The van der Waals surface area contributed by atoms with Crippen LogP contribution in [0.4, 0.5) is 0 Å². The molecular formula is C21H20N3+. The van der Waals surface area contributed by atoms with Crippen molar-refractivity contribution in [1.82, 2.24) is 9.78 Å². The van der Waals surface area contributed by atoms with Gasteiger partial charge in [0.1, 0.15) is 0 Å². The van der Waals surface area contributed by atoms with Crippen LogP contribution in [0.15, 0.2) is 67.0 Å². The number of aromatic nitrogens is 3. The molecule has 0 fully saturated rings. The fourth-order valence-electron chi connectivity index (χ4n) is 3.43. The van der Waals surface area contributed by atoms with Gasteiger partial charge in [-0.2, -0.15) is 9.67 Å². The minimum Gasteiger partial charge on any atom is -0.268 e. The maximum atomic E-state index is 4.34. The first-order valence-electron chi connectivity index (χ1n) is 8.15. The molecule has 2 aromatic carbocycles. The van der Waals surface area contributed by atoms with Crippen LogP contribution in [0.1, 0.15) is 11.3 Å². The number of benzene rings is 2. The zero-order chi connectivity index (χ0) is 16.7. The Bertz CT molecular complexity index is 1040. The minimum absolute atomic E-state index is 1.13. The zero-order valence-electron chi connectivity index (χ0n) is 14.2. The van der Waals surface area contributed by atoms with Gasteiger partial charge in [-0.3, -0.25) is 4.68 Å². The van der Waals surface area contributed by atoms with E-state index in [4.69, 9.17) is 0 Å². The standard InChI is InChI=1S/C21H20N3/c1-15-8-6-7-13-24(15)21-16(2)19(20-11-12-22-23(20)3)14-17-9-4-5-10-18(17)21/h4-14H,1-3H3/q+1. The average molecular weight is 314 g/mol. The van der Waals surface area contributed by atoms with Crippen LogP contribution >= 0.6 is 0 Å². The van der Waals surface area contributed by atoms with Crippen molar-refractivity contribution >= 4 is 10.8 Å². The summed E-state index contributed by atoms with van der Waals surface area (Å²) in [5, 5.41) is 6.85. The Morgan fingerprint density at radius 2 is 1.75 bits per heavy atom. The fraction of sp³-hybridized carbons (Fsp3) is 0.143. The topological polar surface area (TPSA) is 21.7 Å². The molecule has 0 radical (unpaired) electrons. The molecule has 4 aromatic rings. The Labute approximate surface area is 141 Å². The second-order valence-electron chi connectivity index (χ2n) is 6.17. The SMILES string of the molecule is Cc1c(-c2ccnn2C)cc2ccccc2c1-[n+]1ccccc1C.